The molecular formula is C19H30N2. The fraction of sp³-hybridized carbons (Fsp3) is 0.684. The maximum atomic E-state index is 2.63. The fourth-order valence-electron chi connectivity index (χ4n) is 3.85. The maximum Gasteiger partial charge on any atom is 0.0366 e. The second-order valence-electron chi connectivity index (χ2n) is 7.73. The summed E-state index contributed by atoms with van der Waals surface area (Å²) in [6, 6.07) is 9.93. The van der Waals surface area contributed by atoms with Crippen molar-refractivity contribution in [3.8, 4) is 0 Å². The van der Waals surface area contributed by atoms with Gasteiger partial charge in [0.15, 0.2) is 0 Å². The summed E-state index contributed by atoms with van der Waals surface area (Å²) in [5.74, 6) is 0.627. The smallest absolute Gasteiger partial charge is 0.0366 e. The van der Waals surface area contributed by atoms with Gasteiger partial charge in [-0.1, -0.05) is 26.0 Å². The molecule has 0 saturated carbocycles. The summed E-state index contributed by atoms with van der Waals surface area (Å²) in [6.07, 6.45) is 2.76. The van der Waals surface area contributed by atoms with E-state index in [1.807, 2.05) is 0 Å². The topological polar surface area (TPSA) is 6.48 Å². The SMILES string of the molecule is CC(C)c1ccc(N2CC3(CCN(C(C)C)CC3)C2)cc1. The third-order valence-electron chi connectivity index (χ3n) is 5.57. The van der Waals surface area contributed by atoms with Crippen molar-refractivity contribution in [2.75, 3.05) is 31.1 Å². The van der Waals surface area contributed by atoms with Crippen LogP contribution in [-0.4, -0.2) is 37.1 Å². The molecule has 1 aromatic rings. The molecular weight excluding hydrogens is 256 g/mol. The molecule has 2 heterocycles. The van der Waals surface area contributed by atoms with Crippen LogP contribution in [0.4, 0.5) is 5.69 Å². The van der Waals surface area contributed by atoms with Crippen LogP contribution in [0, 0.1) is 5.41 Å². The van der Waals surface area contributed by atoms with Gasteiger partial charge in [0.05, 0.1) is 0 Å². The molecule has 3 rings (SSSR count). The first-order valence-electron chi connectivity index (χ1n) is 8.58. The Bertz CT molecular complexity index is 459. The average Bonchev–Trinajstić information content (AvgIpc) is 2.45. The van der Waals surface area contributed by atoms with E-state index < -0.39 is 0 Å². The zero-order chi connectivity index (χ0) is 15.0. The van der Waals surface area contributed by atoms with Crippen LogP contribution >= 0.6 is 0 Å². The van der Waals surface area contributed by atoms with E-state index in [1.165, 1.54) is 50.3 Å². The van der Waals surface area contributed by atoms with E-state index in [-0.39, 0.29) is 0 Å². The van der Waals surface area contributed by atoms with Gasteiger partial charge in [0.1, 0.15) is 0 Å². The molecule has 2 aliphatic rings. The van der Waals surface area contributed by atoms with Crippen LogP contribution in [0.2, 0.25) is 0 Å². The van der Waals surface area contributed by atoms with Crippen LogP contribution in [0.5, 0.6) is 0 Å². The standard InChI is InChI=1S/C19H30N2/c1-15(2)17-5-7-18(8-6-17)21-13-19(14-21)9-11-20(12-10-19)16(3)4/h5-8,15-16H,9-14H2,1-4H3. The van der Waals surface area contributed by atoms with E-state index in [0.717, 1.165) is 0 Å². The number of hydrogen-bond acceptors (Lipinski definition) is 2. The molecule has 0 unspecified atom stereocenters. The highest BCUT2D eigenvalue weighted by Crippen LogP contribution is 2.42. The van der Waals surface area contributed by atoms with Crippen LogP contribution in [0.1, 0.15) is 52.0 Å². The summed E-state index contributed by atoms with van der Waals surface area (Å²) in [5.41, 5.74) is 3.47. The minimum Gasteiger partial charge on any atom is -0.370 e. The lowest BCUT2D eigenvalue weighted by Gasteiger charge is -2.55. The van der Waals surface area contributed by atoms with Gasteiger partial charge in [-0.2, -0.15) is 0 Å². The molecule has 0 atom stereocenters. The Morgan fingerprint density at radius 2 is 1.48 bits per heavy atom. The van der Waals surface area contributed by atoms with Gasteiger partial charge in [0, 0.05) is 30.2 Å². The summed E-state index contributed by atoms with van der Waals surface area (Å²) >= 11 is 0. The van der Waals surface area contributed by atoms with E-state index in [2.05, 4.69) is 61.8 Å². The molecule has 0 radical (unpaired) electrons. The number of likely N-dealkylation sites (tertiary alicyclic amines) is 1. The Balaban J connectivity index is 1.56. The van der Waals surface area contributed by atoms with E-state index >= 15 is 0 Å². The zero-order valence-electron chi connectivity index (χ0n) is 14.1. The number of hydrogen-bond donors (Lipinski definition) is 0. The molecule has 2 fully saturated rings. The van der Waals surface area contributed by atoms with Crippen molar-refractivity contribution in [3.63, 3.8) is 0 Å². The molecule has 2 heteroatoms. The van der Waals surface area contributed by atoms with Gasteiger partial charge < -0.3 is 9.80 Å². The average molecular weight is 286 g/mol. The molecule has 0 aromatic heterocycles. The Morgan fingerprint density at radius 1 is 0.905 bits per heavy atom. The predicted octanol–water partition coefficient (Wildman–Crippen LogP) is 4.12. The normalized spacial score (nSPS) is 22.1. The molecule has 21 heavy (non-hydrogen) atoms. The van der Waals surface area contributed by atoms with Gasteiger partial charge in [-0.15, -0.1) is 0 Å². The molecule has 0 amide bonds. The van der Waals surface area contributed by atoms with E-state index in [9.17, 15) is 0 Å². The van der Waals surface area contributed by atoms with Crippen molar-refractivity contribution < 1.29 is 0 Å². The second-order valence-corrected chi connectivity index (χ2v) is 7.73. The first-order valence-corrected chi connectivity index (χ1v) is 8.58. The van der Waals surface area contributed by atoms with Crippen LogP contribution < -0.4 is 4.90 Å². The lowest BCUT2D eigenvalue weighted by atomic mass is 9.71. The van der Waals surface area contributed by atoms with Crippen LogP contribution in [0.25, 0.3) is 0 Å². The minimum atomic E-state index is 0.613. The Hall–Kier alpha value is -1.02. The summed E-state index contributed by atoms with van der Waals surface area (Å²) in [6.45, 7) is 14.3. The quantitative estimate of drug-likeness (QED) is 0.824. The molecule has 0 aliphatic carbocycles. The van der Waals surface area contributed by atoms with Crippen molar-refractivity contribution in [2.45, 2.75) is 52.5 Å². The number of rotatable bonds is 3. The van der Waals surface area contributed by atoms with Crippen molar-refractivity contribution in [1.29, 1.82) is 0 Å². The first kappa shape index (κ1) is 14.9. The minimum absolute atomic E-state index is 0.613. The summed E-state index contributed by atoms with van der Waals surface area (Å²) in [4.78, 5) is 5.19. The molecule has 0 N–H and O–H groups in total. The second kappa shape index (κ2) is 5.64. The number of anilines is 1. The lowest BCUT2D eigenvalue weighted by Crippen LogP contribution is -2.61. The molecule has 1 spiro atoms. The van der Waals surface area contributed by atoms with Crippen molar-refractivity contribution in [2.24, 2.45) is 5.41 Å². The Labute approximate surface area is 130 Å². The lowest BCUT2D eigenvalue weighted by molar-refractivity contribution is 0.0601. The molecule has 116 valence electrons. The van der Waals surface area contributed by atoms with E-state index in [4.69, 9.17) is 0 Å². The van der Waals surface area contributed by atoms with Gasteiger partial charge in [-0.25, -0.2) is 0 Å². The molecule has 2 nitrogen and oxygen atoms in total. The molecule has 0 bridgehead atoms. The highest BCUT2D eigenvalue weighted by atomic mass is 15.2. The van der Waals surface area contributed by atoms with Crippen molar-refractivity contribution in [3.05, 3.63) is 29.8 Å². The third kappa shape index (κ3) is 2.96. The Kier molecular flexibility index (Phi) is 4.00. The molecule has 2 aliphatic heterocycles. The van der Waals surface area contributed by atoms with Crippen LogP contribution in [0.15, 0.2) is 24.3 Å². The highest BCUT2D eigenvalue weighted by molar-refractivity contribution is 5.51. The van der Waals surface area contributed by atoms with Gasteiger partial charge >= 0.3 is 0 Å². The van der Waals surface area contributed by atoms with Gasteiger partial charge in [-0.05, 0) is 63.4 Å². The summed E-state index contributed by atoms with van der Waals surface area (Å²) in [7, 11) is 0. The van der Waals surface area contributed by atoms with Gasteiger partial charge in [-0.3, -0.25) is 0 Å². The zero-order valence-corrected chi connectivity index (χ0v) is 14.1. The number of benzene rings is 1. The molecule has 2 saturated heterocycles. The largest absolute Gasteiger partial charge is 0.370 e. The molecule has 1 aromatic carbocycles. The summed E-state index contributed by atoms with van der Waals surface area (Å²) in [5, 5.41) is 0. The predicted molar refractivity (Wildman–Crippen MR) is 91.1 cm³/mol. The van der Waals surface area contributed by atoms with E-state index in [0.29, 0.717) is 17.4 Å². The van der Waals surface area contributed by atoms with Gasteiger partial charge in [0.25, 0.3) is 0 Å². The van der Waals surface area contributed by atoms with Crippen molar-refractivity contribution in [1.82, 2.24) is 4.90 Å². The third-order valence-corrected chi connectivity index (χ3v) is 5.57. The van der Waals surface area contributed by atoms with E-state index in [1.54, 1.807) is 0 Å². The Morgan fingerprint density at radius 3 is 1.95 bits per heavy atom. The maximum absolute atomic E-state index is 2.63. The highest BCUT2D eigenvalue weighted by Gasteiger charge is 2.44. The van der Waals surface area contributed by atoms with Gasteiger partial charge in [0.2, 0.25) is 0 Å². The first-order chi connectivity index (χ1) is 9.99. The fourth-order valence-corrected chi connectivity index (χ4v) is 3.85. The number of nitrogens with zero attached hydrogens (tertiary/aromatic N) is 2. The summed E-state index contributed by atoms with van der Waals surface area (Å²) < 4.78 is 0. The number of piperidine rings is 1. The monoisotopic (exact) mass is 286 g/mol. The van der Waals surface area contributed by atoms with Crippen molar-refractivity contribution >= 4 is 5.69 Å². The van der Waals surface area contributed by atoms with Crippen LogP contribution in [-0.2, 0) is 0 Å². The van der Waals surface area contributed by atoms with Crippen LogP contribution in [0.3, 0.4) is 0 Å².